The summed E-state index contributed by atoms with van der Waals surface area (Å²) < 4.78 is 0. The van der Waals surface area contributed by atoms with Crippen LogP contribution in [0.2, 0.25) is 0 Å². The van der Waals surface area contributed by atoms with E-state index in [1.807, 2.05) is 0 Å². The number of benzene rings is 1. The molecule has 0 radical (unpaired) electrons. The summed E-state index contributed by atoms with van der Waals surface area (Å²) in [6.07, 6.45) is 5.66. The van der Waals surface area contributed by atoms with Crippen LogP contribution in [0.5, 0.6) is 0 Å². The van der Waals surface area contributed by atoms with E-state index in [9.17, 15) is 24.8 Å². The number of hydrogen-bond acceptors (Lipinski definition) is 4. The number of amides is 1. The van der Waals surface area contributed by atoms with Gasteiger partial charge < -0.3 is 15.4 Å². The van der Waals surface area contributed by atoms with Crippen molar-refractivity contribution >= 4 is 28.5 Å². The lowest BCUT2D eigenvalue weighted by Crippen LogP contribution is -2.43. The Morgan fingerprint density at radius 2 is 2.04 bits per heavy atom. The van der Waals surface area contributed by atoms with Gasteiger partial charge in [0.1, 0.15) is 0 Å². The first kappa shape index (κ1) is 17.9. The number of hydrogen-bond donors (Lipinski definition) is 3. The van der Waals surface area contributed by atoms with Crippen LogP contribution < -0.4 is 5.32 Å². The predicted octanol–water partition coefficient (Wildman–Crippen LogP) is 2.77. The lowest BCUT2D eigenvalue weighted by molar-refractivity contribution is -0.384. The lowest BCUT2D eigenvalue weighted by atomic mass is 9.94. The van der Waals surface area contributed by atoms with Gasteiger partial charge in [0.2, 0.25) is 5.91 Å². The van der Waals surface area contributed by atoms with Crippen LogP contribution >= 0.6 is 0 Å². The maximum Gasteiger partial charge on any atom is 0.308 e. The third kappa shape index (κ3) is 3.84. The van der Waals surface area contributed by atoms with Crippen LogP contribution in [0.4, 0.5) is 5.69 Å². The third-order valence-corrected chi connectivity index (χ3v) is 4.99. The molecule has 1 aromatic heterocycles. The fourth-order valence-electron chi connectivity index (χ4n) is 3.63. The minimum absolute atomic E-state index is 0.0338. The van der Waals surface area contributed by atoms with Gasteiger partial charge in [0.05, 0.1) is 17.3 Å². The molecule has 8 heteroatoms. The zero-order valence-electron chi connectivity index (χ0n) is 14.2. The van der Waals surface area contributed by atoms with Gasteiger partial charge in [-0.3, -0.25) is 19.7 Å². The minimum Gasteiger partial charge on any atom is -0.481 e. The highest BCUT2D eigenvalue weighted by molar-refractivity contribution is 5.90. The van der Waals surface area contributed by atoms with E-state index in [1.165, 1.54) is 12.1 Å². The number of carbonyl (C=O) groups is 2. The SMILES string of the molecule is O=C(Cc1c[nH]c2ccc([N+](=O)[O-])cc12)N[C@H]1CCCCC[C@H]1C(=O)O. The van der Waals surface area contributed by atoms with Crippen molar-refractivity contribution < 1.29 is 19.6 Å². The number of non-ortho nitro benzene ring substituents is 1. The number of fused-ring (bicyclic) bond motifs is 1. The van der Waals surface area contributed by atoms with Crippen LogP contribution in [-0.4, -0.2) is 32.9 Å². The first-order valence-corrected chi connectivity index (χ1v) is 8.72. The number of H-pyrrole nitrogens is 1. The summed E-state index contributed by atoms with van der Waals surface area (Å²) in [6, 6.07) is 4.09. The fourth-order valence-corrected chi connectivity index (χ4v) is 3.63. The van der Waals surface area contributed by atoms with Crippen molar-refractivity contribution in [3.63, 3.8) is 0 Å². The topological polar surface area (TPSA) is 125 Å². The fraction of sp³-hybridized carbons (Fsp3) is 0.444. The van der Waals surface area contributed by atoms with E-state index in [1.54, 1.807) is 12.3 Å². The van der Waals surface area contributed by atoms with Crippen molar-refractivity contribution in [2.75, 3.05) is 0 Å². The number of rotatable bonds is 5. The monoisotopic (exact) mass is 359 g/mol. The number of aliphatic carboxylic acids is 1. The van der Waals surface area contributed by atoms with Gasteiger partial charge in [0, 0.05) is 35.3 Å². The number of nitrogens with zero attached hydrogens (tertiary/aromatic N) is 1. The molecule has 26 heavy (non-hydrogen) atoms. The Balaban J connectivity index is 1.75. The molecule has 1 aromatic carbocycles. The van der Waals surface area contributed by atoms with Crippen molar-refractivity contribution in [2.24, 2.45) is 5.92 Å². The number of aromatic amines is 1. The summed E-state index contributed by atoms with van der Waals surface area (Å²) in [5.41, 5.74) is 1.34. The smallest absolute Gasteiger partial charge is 0.308 e. The van der Waals surface area contributed by atoms with Crippen LogP contribution in [0.25, 0.3) is 10.9 Å². The summed E-state index contributed by atoms with van der Waals surface area (Å²) >= 11 is 0. The van der Waals surface area contributed by atoms with Crippen molar-refractivity contribution in [1.29, 1.82) is 0 Å². The van der Waals surface area contributed by atoms with Crippen molar-refractivity contribution in [3.05, 3.63) is 40.1 Å². The van der Waals surface area contributed by atoms with Gasteiger partial charge in [-0.15, -0.1) is 0 Å². The maximum absolute atomic E-state index is 12.5. The van der Waals surface area contributed by atoms with Crippen LogP contribution in [0, 0.1) is 16.0 Å². The Morgan fingerprint density at radius 1 is 1.27 bits per heavy atom. The van der Waals surface area contributed by atoms with Gasteiger partial charge in [0.25, 0.3) is 5.69 Å². The van der Waals surface area contributed by atoms with Gasteiger partial charge in [0.15, 0.2) is 0 Å². The molecule has 2 aromatic rings. The van der Waals surface area contributed by atoms with Crippen molar-refractivity contribution in [2.45, 2.75) is 44.6 Å². The molecule has 8 nitrogen and oxygen atoms in total. The summed E-state index contributed by atoms with van der Waals surface area (Å²) in [7, 11) is 0. The molecule has 0 unspecified atom stereocenters. The van der Waals surface area contributed by atoms with Gasteiger partial charge in [-0.1, -0.05) is 19.3 Å². The quantitative estimate of drug-likeness (QED) is 0.430. The number of carboxylic acid groups (broad SMARTS) is 1. The number of nitrogens with one attached hydrogen (secondary N) is 2. The molecule has 1 fully saturated rings. The molecule has 1 amide bonds. The van der Waals surface area contributed by atoms with E-state index in [-0.39, 0.29) is 24.1 Å². The Bertz CT molecular complexity index is 844. The van der Waals surface area contributed by atoms with Crippen LogP contribution in [0.15, 0.2) is 24.4 Å². The lowest BCUT2D eigenvalue weighted by Gasteiger charge is -2.22. The van der Waals surface area contributed by atoms with Gasteiger partial charge in [-0.05, 0) is 24.5 Å². The van der Waals surface area contributed by atoms with Gasteiger partial charge in [-0.2, -0.15) is 0 Å². The zero-order valence-corrected chi connectivity index (χ0v) is 14.2. The Kier molecular flexibility index (Phi) is 5.20. The summed E-state index contributed by atoms with van der Waals surface area (Å²) in [6.45, 7) is 0. The number of carboxylic acids is 1. The van der Waals surface area contributed by atoms with Crippen molar-refractivity contribution in [3.8, 4) is 0 Å². The average molecular weight is 359 g/mol. The summed E-state index contributed by atoms with van der Waals surface area (Å²) in [4.78, 5) is 37.4. The molecule has 1 aliphatic carbocycles. The molecule has 0 saturated heterocycles. The number of carbonyl (C=O) groups excluding carboxylic acids is 1. The van der Waals surface area contributed by atoms with E-state index in [0.717, 1.165) is 24.8 Å². The molecule has 0 bridgehead atoms. The summed E-state index contributed by atoms with van der Waals surface area (Å²) in [5, 5.41) is 23.9. The molecule has 1 heterocycles. The molecule has 138 valence electrons. The molecule has 2 atom stereocenters. The Labute approximate surface area is 149 Å². The Morgan fingerprint density at radius 3 is 2.77 bits per heavy atom. The van der Waals surface area contributed by atoms with Gasteiger partial charge in [-0.25, -0.2) is 0 Å². The maximum atomic E-state index is 12.5. The molecule has 3 N–H and O–H groups in total. The number of aromatic nitrogens is 1. The summed E-state index contributed by atoms with van der Waals surface area (Å²) in [5.74, 6) is -1.71. The van der Waals surface area contributed by atoms with Gasteiger partial charge >= 0.3 is 5.97 Å². The Hall–Kier alpha value is -2.90. The molecular formula is C18H21N3O5. The minimum atomic E-state index is -0.875. The largest absolute Gasteiger partial charge is 0.481 e. The van der Waals surface area contributed by atoms with Crippen LogP contribution in [-0.2, 0) is 16.0 Å². The van der Waals surface area contributed by atoms with E-state index < -0.39 is 16.8 Å². The molecule has 3 rings (SSSR count). The zero-order chi connectivity index (χ0) is 18.7. The second-order valence-corrected chi connectivity index (χ2v) is 6.73. The molecule has 1 aliphatic rings. The van der Waals surface area contributed by atoms with Crippen LogP contribution in [0.3, 0.4) is 0 Å². The molecule has 1 saturated carbocycles. The van der Waals surface area contributed by atoms with E-state index in [4.69, 9.17) is 0 Å². The molecular weight excluding hydrogens is 338 g/mol. The molecule has 0 aliphatic heterocycles. The highest BCUT2D eigenvalue weighted by atomic mass is 16.6. The second kappa shape index (κ2) is 7.55. The number of nitro benzene ring substituents is 1. The highest BCUT2D eigenvalue weighted by Gasteiger charge is 2.30. The standard InChI is InChI=1S/C18H21N3O5/c22-17(20-16-5-3-1-2-4-13(16)18(23)24)8-11-10-19-15-7-6-12(21(25)26)9-14(11)15/h6-7,9-10,13,16,19H,1-5,8H2,(H,20,22)(H,23,24)/t13-,16+/m1/s1. The van der Waals surface area contributed by atoms with E-state index >= 15 is 0 Å². The van der Waals surface area contributed by atoms with E-state index in [0.29, 0.717) is 23.8 Å². The average Bonchev–Trinajstić information content (AvgIpc) is 2.83. The second-order valence-electron chi connectivity index (χ2n) is 6.73. The predicted molar refractivity (Wildman–Crippen MR) is 94.8 cm³/mol. The third-order valence-electron chi connectivity index (χ3n) is 4.99. The first-order chi connectivity index (χ1) is 12.5. The van der Waals surface area contributed by atoms with Crippen LogP contribution in [0.1, 0.15) is 37.7 Å². The first-order valence-electron chi connectivity index (χ1n) is 8.72. The van der Waals surface area contributed by atoms with E-state index in [2.05, 4.69) is 10.3 Å². The van der Waals surface area contributed by atoms with Crippen molar-refractivity contribution in [1.82, 2.24) is 10.3 Å². The number of nitro groups is 1. The molecule has 0 spiro atoms. The normalized spacial score (nSPS) is 20.5. The highest BCUT2D eigenvalue weighted by Crippen LogP contribution is 2.26.